The highest BCUT2D eigenvalue weighted by atomic mass is 32.2. The second kappa shape index (κ2) is 4.87. The van der Waals surface area contributed by atoms with Crippen molar-refractivity contribution in [1.82, 2.24) is 0 Å². The van der Waals surface area contributed by atoms with Gasteiger partial charge in [0.05, 0.1) is 5.25 Å². The van der Waals surface area contributed by atoms with E-state index < -0.39 is 10.7 Å². The van der Waals surface area contributed by atoms with Crippen LogP contribution in [0.1, 0.15) is 13.8 Å². The molecule has 0 aliphatic rings. The highest BCUT2D eigenvalue weighted by molar-refractivity contribution is 7.73. The molecule has 0 spiro atoms. The van der Waals surface area contributed by atoms with E-state index in [0.29, 0.717) is 0 Å². The fourth-order valence-electron chi connectivity index (χ4n) is 0. The highest BCUT2D eigenvalue weighted by Gasteiger charge is 1.88. The third kappa shape index (κ3) is 6.72. The van der Waals surface area contributed by atoms with Gasteiger partial charge >= 0.3 is 23.1 Å². The predicted molar refractivity (Wildman–Crippen MR) is 34.0 cm³/mol. The molecule has 0 aromatic rings. The molecule has 0 heterocycles. The van der Waals surface area contributed by atoms with Crippen LogP contribution in [0.4, 0.5) is 0 Å². The third-order valence-corrected chi connectivity index (χ3v) is 1.26. The Kier molecular flexibility index (Phi) is 7.40. The monoisotopic (exact) mass is 134 g/mol. The maximum absolute atomic E-state index is 9.74. The molecule has 0 fully saturated rings. The van der Waals surface area contributed by atoms with Crippen molar-refractivity contribution < 1.29 is 8.42 Å². The first-order valence-electron chi connectivity index (χ1n) is 1.78. The van der Waals surface area contributed by atoms with Gasteiger partial charge in [-0.25, -0.2) is 8.42 Å². The first-order valence-corrected chi connectivity index (χ1v) is 3.02. The van der Waals surface area contributed by atoms with Gasteiger partial charge < -0.3 is 0 Å². The van der Waals surface area contributed by atoms with Gasteiger partial charge in [0.1, 0.15) is 10.7 Å². The Bertz CT molecular complexity index is 89.1. The van der Waals surface area contributed by atoms with E-state index >= 15 is 0 Å². The van der Waals surface area contributed by atoms with Crippen molar-refractivity contribution in [2.24, 2.45) is 0 Å². The van der Waals surface area contributed by atoms with Gasteiger partial charge in [-0.2, -0.15) is 0 Å². The fraction of sp³-hybridized carbons (Fsp3) is 1.00. The molecule has 0 aromatic heterocycles. The summed E-state index contributed by atoms with van der Waals surface area (Å²) in [5.41, 5.74) is 0. The molecule has 42 valence electrons. The minimum absolute atomic E-state index is 0. The summed E-state index contributed by atoms with van der Waals surface area (Å²) in [6.45, 7) is 3.29. The average molecular weight is 134 g/mol. The summed E-state index contributed by atoms with van der Waals surface area (Å²) in [7, 11) is -2.16. The Morgan fingerprint density at radius 2 is 1.43 bits per heavy atom. The molecule has 0 atom stereocenters. The standard InChI is InChI=1S/C3H8O2S.Mg.2H/c1-3(2)6(4)5;;;/h3,6H,1-2H3;;;. The number of hydrogen-bond donors (Lipinski definition) is 1. The first-order chi connectivity index (χ1) is 2.64. The van der Waals surface area contributed by atoms with Crippen molar-refractivity contribution in [3.05, 3.63) is 0 Å². The second-order valence-electron chi connectivity index (χ2n) is 1.38. The van der Waals surface area contributed by atoms with Crippen molar-refractivity contribution >= 4 is 33.8 Å². The quantitative estimate of drug-likeness (QED) is 0.372. The summed E-state index contributed by atoms with van der Waals surface area (Å²) < 4.78 is 19.5. The molecule has 0 aliphatic heterocycles. The van der Waals surface area contributed by atoms with E-state index in [0.717, 1.165) is 0 Å². The lowest BCUT2D eigenvalue weighted by Crippen LogP contribution is -1.93. The topological polar surface area (TPSA) is 34.1 Å². The van der Waals surface area contributed by atoms with Crippen molar-refractivity contribution in [2.45, 2.75) is 19.1 Å². The predicted octanol–water partition coefficient (Wildman–Crippen LogP) is -0.910. The van der Waals surface area contributed by atoms with Crippen LogP contribution in [0, 0.1) is 0 Å². The molecule has 0 aliphatic carbocycles. The van der Waals surface area contributed by atoms with Gasteiger partial charge in [0.25, 0.3) is 0 Å². The summed E-state index contributed by atoms with van der Waals surface area (Å²) in [6.07, 6.45) is 0. The Labute approximate surface area is 61.4 Å². The van der Waals surface area contributed by atoms with Crippen LogP contribution in [-0.2, 0) is 10.7 Å². The van der Waals surface area contributed by atoms with Gasteiger partial charge in [0, 0.05) is 0 Å². The van der Waals surface area contributed by atoms with Gasteiger partial charge in [0.15, 0.2) is 0 Å². The lowest BCUT2D eigenvalue weighted by atomic mass is 10.6. The van der Waals surface area contributed by atoms with E-state index in [1.807, 2.05) is 0 Å². The highest BCUT2D eigenvalue weighted by Crippen LogP contribution is 1.78. The smallest absolute Gasteiger partial charge is 0.232 e. The number of rotatable bonds is 1. The maximum Gasteiger partial charge on any atom is 0.316 e. The van der Waals surface area contributed by atoms with Gasteiger partial charge in [-0.3, -0.25) is 0 Å². The largest absolute Gasteiger partial charge is 0.316 e. The molecule has 0 amide bonds. The molecule has 2 nitrogen and oxygen atoms in total. The van der Waals surface area contributed by atoms with Crippen molar-refractivity contribution in [1.29, 1.82) is 0 Å². The molecule has 0 N–H and O–H groups in total. The van der Waals surface area contributed by atoms with Gasteiger partial charge in [-0.15, -0.1) is 0 Å². The van der Waals surface area contributed by atoms with Gasteiger partial charge in [-0.1, -0.05) is 0 Å². The van der Waals surface area contributed by atoms with Crippen molar-refractivity contribution in [3.8, 4) is 0 Å². The van der Waals surface area contributed by atoms with E-state index in [2.05, 4.69) is 0 Å². The summed E-state index contributed by atoms with van der Waals surface area (Å²) in [4.78, 5) is 0. The molecule has 0 bridgehead atoms. The molecule has 4 heteroatoms. The maximum atomic E-state index is 9.74. The molecule has 0 radical (unpaired) electrons. The van der Waals surface area contributed by atoms with E-state index in [1.165, 1.54) is 0 Å². The fourth-order valence-corrected chi connectivity index (χ4v) is 0. The van der Waals surface area contributed by atoms with Crippen LogP contribution >= 0.6 is 0 Å². The second-order valence-corrected chi connectivity index (χ2v) is 2.98. The van der Waals surface area contributed by atoms with Crippen LogP contribution < -0.4 is 0 Å². The molecule has 0 saturated carbocycles. The lowest BCUT2D eigenvalue weighted by Gasteiger charge is -1.82. The van der Waals surface area contributed by atoms with E-state index in [4.69, 9.17) is 0 Å². The molecule has 0 aromatic carbocycles. The molecule has 0 saturated heterocycles. The first kappa shape index (κ1) is 10.7. The van der Waals surface area contributed by atoms with E-state index in [-0.39, 0.29) is 28.3 Å². The zero-order chi connectivity index (χ0) is 5.15. The SMILES string of the molecule is CC(C)[SH](=O)=O.[MgH2]. The normalized spacial score (nSPS) is 9.14. The Morgan fingerprint density at radius 1 is 1.29 bits per heavy atom. The summed E-state index contributed by atoms with van der Waals surface area (Å²) in [6, 6.07) is 0. The summed E-state index contributed by atoms with van der Waals surface area (Å²) in [5, 5.41) is -0.194. The van der Waals surface area contributed by atoms with E-state index in [1.54, 1.807) is 13.8 Å². The van der Waals surface area contributed by atoms with Crippen LogP contribution in [0.3, 0.4) is 0 Å². The van der Waals surface area contributed by atoms with Crippen LogP contribution in [0.5, 0.6) is 0 Å². The van der Waals surface area contributed by atoms with Crippen LogP contribution in [0.25, 0.3) is 0 Å². The van der Waals surface area contributed by atoms with Gasteiger partial charge in [-0.05, 0) is 13.8 Å². The zero-order valence-corrected chi connectivity index (χ0v) is 4.74. The number of hydrogen-bond acceptors (Lipinski definition) is 2. The molecule has 7 heavy (non-hydrogen) atoms. The molecular formula is C3H10MgO2S. The zero-order valence-electron chi connectivity index (χ0n) is 3.84. The van der Waals surface area contributed by atoms with E-state index in [9.17, 15) is 8.42 Å². The lowest BCUT2D eigenvalue weighted by molar-refractivity contribution is 0.607. The summed E-state index contributed by atoms with van der Waals surface area (Å²) in [5.74, 6) is 0. The molecule has 0 rings (SSSR count). The Morgan fingerprint density at radius 3 is 1.43 bits per heavy atom. The Hall–Kier alpha value is 0.716. The van der Waals surface area contributed by atoms with Crippen LogP contribution in [0.15, 0.2) is 0 Å². The molecule has 0 unspecified atom stereocenters. The van der Waals surface area contributed by atoms with Crippen molar-refractivity contribution in [2.75, 3.05) is 0 Å². The number of thiol groups is 1. The van der Waals surface area contributed by atoms with Crippen LogP contribution in [0.2, 0.25) is 0 Å². The minimum atomic E-state index is -2.16. The van der Waals surface area contributed by atoms with Crippen LogP contribution in [-0.4, -0.2) is 36.7 Å². The molecular weight excluding hydrogens is 124 g/mol. The summed E-state index contributed by atoms with van der Waals surface area (Å²) >= 11 is 0. The third-order valence-electron chi connectivity index (χ3n) is 0.422. The van der Waals surface area contributed by atoms with Gasteiger partial charge in [0.2, 0.25) is 0 Å². The minimum Gasteiger partial charge on any atom is -0.232 e. The van der Waals surface area contributed by atoms with Crippen molar-refractivity contribution in [3.63, 3.8) is 0 Å². The Balaban J connectivity index is 0. The average Bonchev–Trinajstić information content (AvgIpc) is 1.36.